The summed E-state index contributed by atoms with van der Waals surface area (Å²) in [5.74, 6) is 0.374. The first kappa shape index (κ1) is 9.44. The molecule has 0 amide bonds. The lowest BCUT2D eigenvalue weighted by molar-refractivity contribution is 0.584. The molecule has 0 spiro atoms. The summed E-state index contributed by atoms with van der Waals surface area (Å²) in [7, 11) is 0. The molecule has 76 valence electrons. The molecule has 2 unspecified atom stereocenters. The summed E-state index contributed by atoms with van der Waals surface area (Å²) < 4.78 is 12.7. The van der Waals surface area contributed by atoms with Gasteiger partial charge in [0.15, 0.2) is 0 Å². The van der Waals surface area contributed by atoms with Crippen molar-refractivity contribution in [2.45, 2.75) is 32.2 Å². The Bertz CT molecular complexity index is 314. The van der Waals surface area contributed by atoms with Crippen molar-refractivity contribution in [3.05, 3.63) is 24.3 Å². The van der Waals surface area contributed by atoms with Gasteiger partial charge in [-0.05, 0) is 24.8 Å². The van der Waals surface area contributed by atoms with Crippen molar-refractivity contribution in [2.75, 3.05) is 5.32 Å². The van der Waals surface area contributed by atoms with Crippen LogP contribution < -0.4 is 5.32 Å². The fourth-order valence-electron chi connectivity index (χ4n) is 1.82. The fourth-order valence-corrected chi connectivity index (χ4v) is 1.82. The van der Waals surface area contributed by atoms with Gasteiger partial charge in [0, 0.05) is 24.0 Å². The van der Waals surface area contributed by atoms with Crippen LogP contribution in [0.2, 0.25) is 0 Å². The van der Waals surface area contributed by atoms with Gasteiger partial charge in [-0.15, -0.1) is 0 Å². The topological polar surface area (TPSA) is 24.9 Å². The van der Waals surface area contributed by atoms with Gasteiger partial charge in [-0.2, -0.15) is 4.39 Å². The van der Waals surface area contributed by atoms with E-state index in [2.05, 4.69) is 17.2 Å². The predicted molar refractivity (Wildman–Crippen MR) is 54.6 cm³/mol. The van der Waals surface area contributed by atoms with Gasteiger partial charge in [0.05, 0.1) is 0 Å². The Balaban J connectivity index is 1.87. The van der Waals surface area contributed by atoms with Crippen molar-refractivity contribution < 1.29 is 4.39 Å². The van der Waals surface area contributed by atoms with Crippen molar-refractivity contribution >= 4 is 5.69 Å². The van der Waals surface area contributed by atoms with E-state index in [4.69, 9.17) is 0 Å². The predicted octanol–water partition coefficient (Wildman–Crippen LogP) is 2.82. The van der Waals surface area contributed by atoms with Crippen molar-refractivity contribution in [3.8, 4) is 0 Å². The van der Waals surface area contributed by atoms with Gasteiger partial charge < -0.3 is 5.32 Å². The van der Waals surface area contributed by atoms with Crippen LogP contribution in [0.25, 0.3) is 0 Å². The Morgan fingerprint density at radius 2 is 2.50 bits per heavy atom. The van der Waals surface area contributed by atoms with Crippen molar-refractivity contribution in [2.24, 2.45) is 5.92 Å². The monoisotopic (exact) mass is 194 g/mol. The number of halogens is 1. The van der Waals surface area contributed by atoms with E-state index in [-0.39, 0.29) is 0 Å². The second kappa shape index (κ2) is 3.95. The van der Waals surface area contributed by atoms with E-state index in [9.17, 15) is 4.39 Å². The smallest absolute Gasteiger partial charge is 0.214 e. The molecule has 0 bridgehead atoms. The van der Waals surface area contributed by atoms with Crippen LogP contribution >= 0.6 is 0 Å². The summed E-state index contributed by atoms with van der Waals surface area (Å²) in [5, 5.41) is 3.31. The third-order valence-electron chi connectivity index (χ3n) is 2.66. The van der Waals surface area contributed by atoms with E-state index in [1.165, 1.54) is 31.5 Å². The SMILES string of the molecule is CCCC1CC1Nc1ccnc(F)c1. The molecule has 14 heavy (non-hydrogen) atoms. The summed E-state index contributed by atoms with van der Waals surface area (Å²) in [5.41, 5.74) is 0.848. The highest BCUT2D eigenvalue weighted by Gasteiger charge is 2.35. The van der Waals surface area contributed by atoms with Gasteiger partial charge in [0.25, 0.3) is 0 Å². The number of pyridine rings is 1. The summed E-state index contributed by atoms with van der Waals surface area (Å²) in [6, 6.07) is 3.81. The van der Waals surface area contributed by atoms with Crippen LogP contribution in [0.4, 0.5) is 10.1 Å². The molecule has 0 saturated heterocycles. The third-order valence-corrected chi connectivity index (χ3v) is 2.66. The molecule has 3 heteroatoms. The molecule has 1 aliphatic carbocycles. The van der Waals surface area contributed by atoms with Crippen molar-refractivity contribution in [1.82, 2.24) is 4.98 Å². The lowest BCUT2D eigenvalue weighted by atomic mass is 10.2. The zero-order chi connectivity index (χ0) is 9.97. The molecule has 0 aromatic carbocycles. The van der Waals surface area contributed by atoms with Gasteiger partial charge in [-0.3, -0.25) is 0 Å². The van der Waals surface area contributed by atoms with Gasteiger partial charge in [0.1, 0.15) is 0 Å². The van der Waals surface area contributed by atoms with E-state index >= 15 is 0 Å². The Labute approximate surface area is 83.6 Å². The van der Waals surface area contributed by atoms with E-state index in [0.29, 0.717) is 6.04 Å². The molecule has 1 aromatic heterocycles. The van der Waals surface area contributed by atoms with E-state index < -0.39 is 5.95 Å². The molecule has 1 aromatic rings. The molecule has 2 atom stereocenters. The quantitative estimate of drug-likeness (QED) is 0.745. The van der Waals surface area contributed by atoms with Crippen molar-refractivity contribution in [3.63, 3.8) is 0 Å². The maximum atomic E-state index is 12.7. The maximum absolute atomic E-state index is 12.7. The minimum absolute atomic E-state index is 0.414. The van der Waals surface area contributed by atoms with E-state index in [1.54, 1.807) is 0 Å². The highest BCUT2D eigenvalue weighted by molar-refractivity contribution is 5.43. The molecule has 1 aliphatic rings. The molecule has 0 radical (unpaired) electrons. The number of aromatic nitrogens is 1. The second-order valence-electron chi connectivity index (χ2n) is 3.90. The zero-order valence-corrected chi connectivity index (χ0v) is 8.33. The summed E-state index contributed by atoms with van der Waals surface area (Å²) >= 11 is 0. The Morgan fingerprint density at radius 3 is 3.21 bits per heavy atom. The van der Waals surface area contributed by atoms with Crippen molar-refractivity contribution in [1.29, 1.82) is 0 Å². The molecule has 2 nitrogen and oxygen atoms in total. The summed E-state index contributed by atoms with van der Waals surface area (Å²) in [4.78, 5) is 3.52. The number of rotatable bonds is 4. The molecular formula is C11H15FN2. The third kappa shape index (κ3) is 2.22. The number of anilines is 1. The highest BCUT2D eigenvalue weighted by atomic mass is 19.1. The number of nitrogens with zero attached hydrogens (tertiary/aromatic N) is 1. The average Bonchev–Trinajstić information content (AvgIpc) is 2.84. The van der Waals surface area contributed by atoms with Gasteiger partial charge in [-0.25, -0.2) is 4.98 Å². The normalized spacial score (nSPS) is 24.7. The largest absolute Gasteiger partial charge is 0.382 e. The molecule has 2 rings (SSSR count). The minimum atomic E-state index is -0.414. The van der Waals surface area contributed by atoms with Crippen LogP contribution in [0.1, 0.15) is 26.2 Å². The number of hydrogen-bond acceptors (Lipinski definition) is 2. The Kier molecular flexibility index (Phi) is 2.66. The number of hydrogen-bond donors (Lipinski definition) is 1. The minimum Gasteiger partial charge on any atom is -0.382 e. The standard InChI is InChI=1S/C11H15FN2/c1-2-3-8-6-10(8)14-9-4-5-13-11(12)7-9/h4-5,7-8,10H,2-3,6H2,1H3,(H,13,14). The molecular weight excluding hydrogens is 179 g/mol. The van der Waals surface area contributed by atoms with E-state index in [0.717, 1.165) is 11.6 Å². The van der Waals surface area contributed by atoms with Crippen LogP contribution in [0, 0.1) is 11.9 Å². The average molecular weight is 194 g/mol. The summed E-state index contributed by atoms with van der Waals surface area (Å²) in [6.45, 7) is 2.20. The van der Waals surface area contributed by atoms with E-state index in [1.807, 2.05) is 6.07 Å². The molecule has 1 saturated carbocycles. The first-order chi connectivity index (χ1) is 6.79. The van der Waals surface area contributed by atoms with Crippen LogP contribution in [0.15, 0.2) is 18.3 Å². The highest BCUT2D eigenvalue weighted by Crippen LogP contribution is 2.37. The molecule has 1 heterocycles. The fraction of sp³-hybridized carbons (Fsp3) is 0.545. The first-order valence-corrected chi connectivity index (χ1v) is 5.17. The molecule has 1 fully saturated rings. The second-order valence-corrected chi connectivity index (χ2v) is 3.90. The number of nitrogens with one attached hydrogen (secondary N) is 1. The van der Waals surface area contributed by atoms with Crippen LogP contribution in [-0.2, 0) is 0 Å². The van der Waals surface area contributed by atoms with Crippen LogP contribution in [-0.4, -0.2) is 11.0 Å². The molecule has 1 N–H and O–H groups in total. The lowest BCUT2D eigenvalue weighted by Gasteiger charge is -2.04. The van der Waals surface area contributed by atoms with Gasteiger partial charge in [-0.1, -0.05) is 13.3 Å². The van der Waals surface area contributed by atoms with Gasteiger partial charge in [0.2, 0.25) is 5.95 Å². The molecule has 0 aliphatic heterocycles. The van der Waals surface area contributed by atoms with Crippen LogP contribution in [0.3, 0.4) is 0 Å². The summed E-state index contributed by atoms with van der Waals surface area (Å²) in [6.07, 6.45) is 5.21. The zero-order valence-electron chi connectivity index (χ0n) is 8.33. The Hall–Kier alpha value is -1.12. The maximum Gasteiger partial charge on any atom is 0.214 e. The first-order valence-electron chi connectivity index (χ1n) is 5.17. The van der Waals surface area contributed by atoms with Crippen LogP contribution in [0.5, 0.6) is 0 Å². The lowest BCUT2D eigenvalue weighted by Crippen LogP contribution is -2.04. The van der Waals surface area contributed by atoms with Gasteiger partial charge >= 0.3 is 0 Å². The Morgan fingerprint density at radius 1 is 1.64 bits per heavy atom.